The minimum atomic E-state index is -0.00466. The predicted octanol–water partition coefficient (Wildman–Crippen LogP) is 2.82. The quantitative estimate of drug-likeness (QED) is 0.515. The second-order valence-electron chi connectivity index (χ2n) is 3.53. The maximum absolute atomic E-state index is 7.47. The van der Waals surface area contributed by atoms with Gasteiger partial charge < -0.3 is 5.73 Å². The number of pyridine rings is 2. The van der Waals surface area contributed by atoms with Crippen LogP contribution in [-0.2, 0) is 5.75 Å². The number of halogens is 1. The Kier molecular flexibility index (Phi) is 4.33. The Hall–Kier alpha value is -1.40. The molecule has 2 heterocycles. The van der Waals surface area contributed by atoms with Gasteiger partial charge in [-0.15, -0.1) is 11.8 Å². The van der Waals surface area contributed by atoms with Crippen molar-refractivity contribution in [1.82, 2.24) is 9.97 Å². The Labute approximate surface area is 118 Å². The van der Waals surface area contributed by atoms with E-state index in [-0.39, 0.29) is 5.84 Å². The van der Waals surface area contributed by atoms with Gasteiger partial charge in [-0.2, -0.15) is 0 Å². The normalized spacial score (nSPS) is 10.3. The maximum atomic E-state index is 7.47. The van der Waals surface area contributed by atoms with E-state index in [4.69, 9.17) is 11.1 Å². The fourth-order valence-corrected chi connectivity index (χ4v) is 2.46. The molecular formula is C12H11BrN4S. The minimum absolute atomic E-state index is 0.00466. The van der Waals surface area contributed by atoms with Gasteiger partial charge in [-0.3, -0.25) is 10.4 Å². The van der Waals surface area contributed by atoms with Gasteiger partial charge in [-0.25, -0.2) is 4.98 Å². The van der Waals surface area contributed by atoms with E-state index in [1.165, 1.54) is 0 Å². The topological polar surface area (TPSA) is 75.7 Å². The zero-order valence-electron chi connectivity index (χ0n) is 9.43. The molecule has 0 saturated carbocycles. The number of aromatic nitrogens is 2. The van der Waals surface area contributed by atoms with Crippen molar-refractivity contribution in [2.75, 3.05) is 0 Å². The van der Waals surface area contributed by atoms with Gasteiger partial charge in [0.2, 0.25) is 0 Å². The van der Waals surface area contributed by atoms with E-state index in [0.29, 0.717) is 11.4 Å². The number of amidine groups is 1. The van der Waals surface area contributed by atoms with Crippen LogP contribution < -0.4 is 5.73 Å². The van der Waals surface area contributed by atoms with Crippen molar-refractivity contribution in [3.05, 3.63) is 52.4 Å². The molecule has 2 aromatic rings. The lowest BCUT2D eigenvalue weighted by Crippen LogP contribution is -2.15. The molecule has 0 radical (unpaired) electrons. The van der Waals surface area contributed by atoms with Crippen LogP contribution in [0, 0.1) is 5.41 Å². The lowest BCUT2D eigenvalue weighted by atomic mass is 10.2. The summed E-state index contributed by atoms with van der Waals surface area (Å²) < 4.78 is 0.956. The van der Waals surface area contributed by atoms with Gasteiger partial charge in [0.05, 0.1) is 5.03 Å². The molecule has 18 heavy (non-hydrogen) atoms. The molecule has 0 amide bonds. The summed E-state index contributed by atoms with van der Waals surface area (Å²) in [6.45, 7) is 0. The van der Waals surface area contributed by atoms with Crippen molar-refractivity contribution in [1.29, 1.82) is 5.41 Å². The van der Waals surface area contributed by atoms with E-state index >= 15 is 0 Å². The van der Waals surface area contributed by atoms with E-state index in [1.807, 2.05) is 24.3 Å². The highest BCUT2D eigenvalue weighted by atomic mass is 79.9. The van der Waals surface area contributed by atoms with Crippen LogP contribution in [0.5, 0.6) is 0 Å². The molecule has 0 unspecified atom stereocenters. The third kappa shape index (κ3) is 3.30. The Morgan fingerprint density at radius 1 is 1.33 bits per heavy atom. The summed E-state index contributed by atoms with van der Waals surface area (Å²) in [6, 6.07) is 7.66. The highest BCUT2D eigenvalue weighted by Gasteiger charge is 2.07. The van der Waals surface area contributed by atoms with Gasteiger partial charge in [0.15, 0.2) is 0 Å². The summed E-state index contributed by atoms with van der Waals surface area (Å²) in [6.07, 6.45) is 3.40. The van der Waals surface area contributed by atoms with Crippen molar-refractivity contribution in [2.45, 2.75) is 10.8 Å². The van der Waals surface area contributed by atoms with Crippen molar-refractivity contribution >= 4 is 33.5 Å². The van der Waals surface area contributed by atoms with Crippen LogP contribution in [0.15, 0.2) is 46.2 Å². The molecule has 0 bridgehead atoms. The SMILES string of the molecule is N=C(N)c1ncccc1CSc1ccc(Br)cn1. The molecular weight excluding hydrogens is 312 g/mol. The van der Waals surface area contributed by atoms with Gasteiger partial charge in [0, 0.05) is 22.6 Å². The molecule has 0 aromatic carbocycles. The Balaban J connectivity index is 2.10. The van der Waals surface area contributed by atoms with Gasteiger partial charge in [-0.05, 0) is 39.7 Å². The molecule has 6 heteroatoms. The average molecular weight is 323 g/mol. The molecule has 0 fully saturated rings. The Bertz CT molecular complexity index is 556. The Morgan fingerprint density at radius 2 is 2.17 bits per heavy atom. The zero-order chi connectivity index (χ0) is 13.0. The second kappa shape index (κ2) is 5.97. The van der Waals surface area contributed by atoms with Gasteiger partial charge in [0.25, 0.3) is 0 Å². The van der Waals surface area contributed by atoms with Crippen LogP contribution in [0.1, 0.15) is 11.3 Å². The molecule has 3 N–H and O–H groups in total. The van der Waals surface area contributed by atoms with Gasteiger partial charge >= 0.3 is 0 Å². The molecule has 0 aliphatic rings. The van der Waals surface area contributed by atoms with Crippen molar-refractivity contribution in [2.24, 2.45) is 5.73 Å². The van der Waals surface area contributed by atoms with Crippen LogP contribution in [0.4, 0.5) is 0 Å². The van der Waals surface area contributed by atoms with Crippen LogP contribution >= 0.6 is 27.7 Å². The van der Waals surface area contributed by atoms with Gasteiger partial charge in [-0.1, -0.05) is 6.07 Å². The first-order valence-corrected chi connectivity index (χ1v) is 6.97. The fraction of sp³-hybridized carbons (Fsp3) is 0.0833. The van der Waals surface area contributed by atoms with E-state index < -0.39 is 0 Å². The monoisotopic (exact) mass is 322 g/mol. The standard InChI is InChI=1S/C12H11BrN4S/c13-9-3-4-10(17-6-9)18-7-8-2-1-5-16-11(8)12(14)15/h1-6H,7H2,(H3,14,15). The lowest BCUT2D eigenvalue weighted by Gasteiger charge is -2.06. The van der Waals surface area contributed by atoms with Crippen LogP contribution in [0.3, 0.4) is 0 Å². The molecule has 0 atom stereocenters. The van der Waals surface area contributed by atoms with Crippen LogP contribution in [0.2, 0.25) is 0 Å². The summed E-state index contributed by atoms with van der Waals surface area (Å²) in [5.74, 6) is 0.687. The van der Waals surface area contributed by atoms with Gasteiger partial charge in [0.1, 0.15) is 11.5 Å². The first-order valence-electron chi connectivity index (χ1n) is 5.19. The van der Waals surface area contributed by atoms with E-state index in [9.17, 15) is 0 Å². The zero-order valence-corrected chi connectivity index (χ0v) is 11.8. The third-order valence-corrected chi connectivity index (χ3v) is 3.68. The van der Waals surface area contributed by atoms with Crippen LogP contribution in [-0.4, -0.2) is 15.8 Å². The van der Waals surface area contributed by atoms with Crippen LogP contribution in [0.25, 0.3) is 0 Å². The first kappa shape index (κ1) is 13.0. The molecule has 0 saturated heterocycles. The number of hydrogen-bond acceptors (Lipinski definition) is 4. The highest BCUT2D eigenvalue weighted by molar-refractivity contribution is 9.10. The molecule has 0 aliphatic carbocycles. The predicted molar refractivity (Wildman–Crippen MR) is 76.8 cm³/mol. The molecule has 0 aliphatic heterocycles. The number of nitrogen functional groups attached to an aromatic ring is 1. The summed E-state index contributed by atoms with van der Waals surface area (Å²) in [5, 5.41) is 8.40. The van der Waals surface area contributed by atoms with E-state index in [2.05, 4.69) is 25.9 Å². The molecule has 4 nitrogen and oxygen atoms in total. The molecule has 2 rings (SSSR count). The van der Waals surface area contributed by atoms with E-state index in [1.54, 1.807) is 24.2 Å². The average Bonchev–Trinajstić information content (AvgIpc) is 2.38. The summed E-state index contributed by atoms with van der Waals surface area (Å²) >= 11 is 4.94. The largest absolute Gasteiger partial charge is 0.382 e. The first-order chi connectivity index (χ1) is 8.66. The summed E-state index contributed by atoms with van der Waals surface area (Å²) in [4.78, 5) is 8.39. The fourth-order valence-electron chi connectivity index (χ4n) is 1.40. The molecule has 0 spiro atoms. The Morgan fingerprint density at radius 3 is 2.83 bits per heavy atom. The smallest absolute Gasteiger partial charge is 0.142 e. The number of rotatable bonds is 4. The van der Waals surface area contributed by atoms with Crippen molar-refractivity contribution < 1.29 is 0 Å². The minimum Gasteiger partial charge on any atom is -0.382 e. The number of thioether (sulfide) groups is 1. The number of nitrogens with zero attached hydrogens (tertiary/aromatic N) is 2. The molecule has 2 aromatic heterocycles. The second-order valence-corrected chi connectivity index (χ2v) is 5.44. The van der Waals surface area contributed by atoms with Crippen molar-refractivity contribution in [3.8, 4) is 0 Å². The summed E-state index contributed by atoms with van der Waals surface area (Å²) in [7, 11) is 0. The highest BCUT2D eigenvalue weighted by Crippen LogP contribution is 2.22. The molecule has 92 valence electrons. The number of hydrogen-bond donors (Lipinski definition) is 2. The lowest BCUT2D eigenvalue weighted by molar-refractivity contribution is 1.12. The van der Waals surface area contributed by atoms with E-state index in [0.717, 1.165) is 15.1 Å². The third-order valence-electron chi connectivity index (χ3n) is 2.22. The number of nitrogens with two attached hydrogens (primary N) is 1. The number of nitrogens with one attached hydrogen (secondary N) is 1. The summed E-state index contributed by atoms with van der Waals surface area (Å²) in [5.41, 5.74) is 6.98. The maximum Gasteiger partial charge on any atom is 0.142 e. The van der Waals surface area contributed by atoms with Crippen molar-refractivity contribution in [3.63, 3.8) is 0 Å².